The minimum Gasteiger partial charge on any atom is -0.372 e. The van der Waals surface area contributed by atoms with Crippen molar-refractivity contribution in [3.8, 4) is 0 Å². The lowest BCUT2D eigenvalue weighted by atomic mass is 9.95. The number of benzene rings is 1. The molecule has 1 heterocycles. The maximum atomic E-state index is 12.5. The Kier molecular flexibility index (Phi) is 10.1. The molecule has 0 atom stereocenters. The molecule has 170 valence electrons. The summed E-state index contributed by atoms with van der Waals surface area (Å²) in [5.74, 6) is -0.246. The maximum absolute atomic E-state index is 12.5. The number of aliphatic imine (C=N–C) groups is 1. The molecule has 3 nitrogen and oxygen atoms in total. The van der Waals surface area contributed by atoms with Crippen LogP contribution in [0, 0.1) is 17.6 Å². The topological polar surface area (TPSA) is 27.6 Å². The highest BCUT2D eigenvalue weighted by atomic mass is 19.1. The Balaban J connectivity index is 0.000000262. The zero-order valence-electron chi connectivity index (χ0n) is 19.5. The first-order chi connectivity index (χ1) is 14.9. The van der Waals surface area contributed by atoms with Crippen LogP contribution in [0.5, 0.6) is 0 Å². The van der Waals surface area contributed by atoms with Crippen molar-refractivity contribution < 1.29 is 8.78 Å². The molecule has 1 aliphatic heterocycles. The van der Waals surface area contributed by atoms with Crippen LogP contribution in [-0.2, 0) is 6.42 Å². The number of nitrogens with zero attached hydrogens (tertiary/aromatic N) is 2. The van der Waals surface area contributed by atoms with E-state index in [1.807, 2.05) is 6.92 Å². The predicted octanol–water partition coefficient (Wildman–Crippen LogP) is 6.04. The molecule has 0 radical (unpaired) electrons. The summed E-state index contributed by atoms with van der Waals surface area (Å²) in [6.07, 6.45) is 8.21. The molecular formula is C26H37F2N3. The first kappa shape index (κ1) is 25.0. The second-order valence-corrected chi connectivity index (χ2v) is 8.14. The zero-order valence-corrected chi connectivity index (χ0v) is 19.5. The molecule has 1 aromatic carbocycles. The third-order valence-electron chi connectivity index (χ3n) is 5.68. The van der Waals surface area contributed by atoms with Crippen LogP contribution < -0.4 is 5.32 Å². The van der Waals surface area contributed by atoms with Gasteiger partial charge in [0.1, 0.15) is 11.6 Å². The normalized spacial score (nSPS) is 18.2. The smallest absolute Gasteiger partial charge is 0.126 e. The Morgan fingerprint density at radius 2 is 1.77 bits per heavy atom. The van der Waals surface area contributed by atoms with E-state index in [0.29, 0.717) is 0 Å². The molecule has 0 amide bonds. The van der Waals surface area contributed by atoms with Crippen molar-refractivity contribution in [2.45, 2.75) is 53.4 Å². The average Bonchev–Trinajstić information content (AvgIpc) is 3.57. The van der Waals surface area contributed by atoms with Crippen molar-refractivity contribution in [3.05, 3.63) is 71.1 Å². The van der Waals surface area contributed by atoms with E-state index >= 15 is 0 Å². The van der Waals surface area contributed by atoms with Crippen LogP contribution in [-0.4, -0.2) is 36.8 Å². The highest BCUT2D eigenvalue weighted by Gasteiger charge is 2.30. The minimum absolute atomic E-state index is 0.492. The first-order valence-electron chi connectivity index (χ1n) is 11.3. The number of aryl methyl sites for hydroxylation is 1. The molecule has 5 heteroatoms. The van der Waals surface area contributed by atoms with Crippen molar-refractivity contribution in [2.75, 3.05) is 26.2 Å². The van der Waals surface area contributed by atoms with Crippen LogP contribution in [0.25, 0.3) is 0 Å². The Hall–Kier alpha value is -2.27. The monoisotopic (exact) mass is 429 g/mol. The number of halogens is 2. The number of piperazine rings is 1. The molecule has 31 heavy (non-hydrogen) atoms. The standard InChI is InChI=1S/C17H27N3.C9H10F2/c1-5-16(15-7-8-15)17(13(3)19-6-2)14(4)20-11-9-18-10-12-20;1-2-3-7-4-8(10)6-9(11)5-7/h5-6,15,18H,2,7-12H2,1,3-4H3;4-6H,2-3H2,1H3/b16-5-,17-14-,19-13?;. The van der Waals surface area contributed by atoms with Gasteiger partial charge in [-0.2, -0.15) is 0 Å². The summed E-state index contributed by atoms with van der Waals surface area (Å²) in [4.78, 5) is 6.95. The van der Waals surface area contributed by atoms with Gasteiger partial charge in [-0.3, -0.25) is 4.99 Å². The number of hydrogen-bond donors (Lipinski definition) is 1. The number of allylic oxidation sites excluding steroid dienone is 4. The fourth-order valence-corrected chi connectivity index (χ4v) is 4.06. The van der Waals surface area contributed by atoms with Gasteiger partial charge in [0.2, 0.25) is 0 Å². The van der Waals surface area contributed by atoms with Gasteiger partial charge < -0.3 is 10.2 Å². The highest BCUT2D eigenvalue weighted by Crippen LogP contribution is 2.41. The molecule has 1 N–H and O–H groups in total. The Labute approximate surface area is 186 Å². The molecule has 0 bridgehead atoms. The van der Waals surface area contributed by atoms with E-state index in [0.717, 1.165) is 62.3 Å². The van der Waals surface area contributed by atoms with Crippen molar-refractivity contribution in [1.82, 2.24) is 10.2 Å². The fraction of sp³-hybridized carbons (Fsp3) is 0.500. The molecular weight excluding hydrogens is 392 g/mol. The molecule has 1 saturated heterocycles. The Morgan fingerprint density at radius 1 is 1.16 bits per heavy atom. The molecule has 2 fully saturated rings. The van der Waals surface area contributed by atoms with Crippen molar-refractivity contribution in [1.29, 1.82) is 0 Å². The van der Waals surface area contributed by atoms with Gasteiger partial charge in [0, 0.05) is 55.4 Å². The zero-order chi connectivity index (χ0) is 22.8. The molecule has 1 aliphatic carbocycles. The quantitative estimate of drug-likeness (QED) is 0.422. The van der Waals surface area contributed by atoms with Gasteiger partial charge in [-0.15, -0.1) is 0 Å². The van der Waals surface area contributed by atoms with Gasteiger partial charge in [-0.1, -0.05) is 26.0 Å². The van der Waals surface area contributed by atoms with E-state index in [1.54, 1.807) is 6.20 Å². The molecule has 1 saturated carbocycles. The fourth-order valence-electron chi connectivity index (χ4n) is 4.06. The highest BCUT2D eigenvalue weighted by molar-refractivity contribution is 6.03. The summed E-state index contributed by atoms with van der Waals surface area (Å²) in [6, 6.07) is 3.62. The summed E-state index contributed by atoms with van der Waals surface area (Å²) in [5, 5.41) is 3.42. The van der Waals surface area contributed by atoms with E-state index in [-0.39, 0.29) is 0 Å². The number of hydrogen-bond acceptors (Lipinski definition) is 3. The first-order valence-corrected chi connectivity index (χ1v) is 11.3. The average molecular weight is 430 g/mol. The summed E-state index contributed by atoms with van der Waals surface area (Å²) in [7, 11) is 0. The van der Waals surface area contributed by atoms with Crippen LogP contribution in [0.2, 0.25) is 0 Å². The van der Waals surface area contributed by atoms with E-state index in [9.17, 15) is 8.78 Å². The van der Waals surface area contributed by atoms with Crippen LogP contribution in [0.15, 0.2) is 58.9 Å². The van der Waals surface area contributed by atoms with E-state index in [1.165, 1.54) is 41.8 Å². The van der Waals surface area contributed by atoms with Crippen LogP contribution in [0.1, 0.15) is 52.5 Å². The van der Waals surface area contributed by atoms with E-state index in [4.69, 9.17) is 0 Å². The SMILES string of the molecule is C=CN=C(C)C(/C(=C\C)C1CC1)=C(\C)N1CCNCC1.CCCc1cc(F)cc(F)c1. The lowest BCUT2D eigenvalue weighted by molar-refractivity contribution is 0.298. The second-order valence-electron chi connectivity index (χ2n) is 8.14. The third-order valence-corrected chi connectivity index (χ3v) is 5.68. The summed E-state index contributed by atoms with van der Waals surface area (Å²) < 4.78 is 25.0. The van der Waals surface area contributed by atoms with Gasteiger partial charge >= 0.3 is 0 Å². The Bertz CT molecular complexity index is 809. The van der Waals surface area contributed by atoms with Crippen LogP contribution in [0.4, 0.5) is 8.78 Å². The van der Waals surface area contributed by atoms with Crippen molar-refractivity contribution in [2.24, 2.45) is 10.9 Å². The summed E-state index contributed by atoms with van der Waals surface area (Å²) in [5.41, 5.74) is 6.01. The van der Waals surface area contributed by atoms with Gasteiger partial charge in [0.15, 0.2) is 0 Å². The van der Waals surface area contributed by atoms with Gasteiger partial charge in [0.05, 0.1) is 0 Å². The summed E-state index contributed by atoms with van der Waals surface area (Å²) >= 11 is 0. The van der Waals surface area contributed by atoms with Gasteiger partial charge in [-0.05, 0) is 69.2 Å². The van der Waals surface area contributed by atoms with Crippen molar-refractivity contribution >= 4 is 5.71 Å². The van der Waals surface area contributed by atoms with Crippen LogP contribution in [0.3, 0.4) is 0 Å². The molecule has 0 unspecified atom stereocenters. The summed E-state index contributed by atoms with van der Waals surface area (Å²) in [6.45, 7) is 16.5. The third kappa shape index (κ3) is 7.73. The van der Waals surface area contributed by atoms with Crippen LogP contribution >= 0.6 is 0 Å². The largest absolute Gasteiger partial charge is 0.372 e. The lowest BCUT2D eigenvalue weighted by Gasteiger charge is -2.32. The lowest BCUT2D eigenvalue weighted by Crippen LogP contribution is -2.43. The minimum atomic E-state index is -0.492. The van der Waals surface area contributed by atoms with Gasteiger partial charge in [-0.25, -0.2) is 8.78 Å². The molecule has 3 rings (SSSR count). The Morgan fingerprint density at radius 3 is 2.26 bits per heavy atom. The number of nitrogens with one attached hydrogen (secondary N) is 1. The van der Waals surface area contributed by atoms with E-state index in [2.05, 4.69) is 48.6 Å². The van der Waals surface area contributed by atoms with Crippen molar-refractivity contribution in [3.63, 3.8) is 0 Å². The predicted molar refractivity (Wildman–Crippen MR) is 127 cm³/mol. The molecule has 1 aromatic rings. The molecule has 0 aromatic heterocycles. The molecule has 0 spiro atoms. The second kappa shape index (κ2) is 12.6. The maximum Gasteiger partial charge on any atom is 0.126 e. The van der Waals surface area contributed by atoms with Gasteiger partial charge in [0.25, 0.3) is 0 Å². The van der Waals surface area contributed by atoms with E-state index < -0.39 is 11.6 Å². The molecule has 2 aliphatic rings. The number of rotatable bonds is 7.